The number of ether oxygens (including phenoxy) is 1. The highest BCUT2D eigenvalue weighted by atomic mass is 16.6. The number of carbonyl (C=O) groups excluding carboxylic acids is 1. The molecule has 1 amide bonds. The van der Waals surface area contributed by atoms with Crippen molar-refractivity contribution in [3.05, 3.63) is 0 Å². The van der Waals surface area contributed by atoms with Gasteiger partial charge in [-0.05, 0) is 40.5 Å². The number of piperidine rings is 2. The van der Waals surface area contributed by atoms with Crippen LogP contribution in [-0.4, -0.2) is 41.3 Å². The van der Waals surface area contributed by atoms with Crippen molar-refractivity contribution in [2.24, 2.45) is 0 Å². The number of nitrogens with one attached hydrogen (secondary N) is 1. The second-order valence-electron chi connectivity index (χ2n) is 6.20. The maximum atomic E-state index is 12.1. The number of carbonyl (C=O) groups is 1. The molecule has 3 aliphatic rings. The van der Waals surface area contributed by atoms with E-state index in [1.807, 2.05) is 25.7 Å². The van der Waals surface area contributed by atoms with E-state index in [1.54, 1.807) is 0 Å². The first-order valence-electron chi connectivity index (χ1n) is 6.04. The minimum Gasteiger partial charge on any atom is -0.444 e. The van der Waals surface area contributed by atoms with Crippen molar-refractivity contribution >= 4 is 6.09 Å². The van der Waals surface area contributed by atoms with Gasteiger partial charge in [0.15, 0.2) is 0 Å². The standard InChI is InChI=1S/C12H22N2O2/c1-11(2,3)16-10(15)14-7-9-5-6-12(14,4)8-13-9/h9,13H,5-8H2,1-4H3/t9-,12-/m0/s1. The van der Waals surface area contributed by atoms with Gasteiger partial charge < -0.3 is 10.1 Å². The molecule has 3 fully saturated rings. The molecular formula is C12H22N2O2. The zero-order valence-corrected chi connectivity index (χ0v) is 10.7. The van der Waals surface area contributed by atoms with E-state index in [1.165, 1.54) is 0 Å². The Bertz CT molecular complexity index is 288. The summed E-state index contributed by atoms with van der Waals surface area (Å²) in [5, 5.41) is 3.46. The molecule has 0 aromatic rings. The summed E-state index contributed by atoms with van der Waals surface area (Å²) in [7, 11) is 0. The maximum absolute atomic E-state index is 12.1. The Morgan fingerprint density at radius 1 is 1.50 bits per heavy atom. The first-order valence-corrected chi connectivity index (χ1v) is 6.04. The van der Waals surface area contributed by atoms with Gasteiger partial charge in [-0.15, -0.1) is 0 Å². The molecule has 0 aromatic heterocycles. The van der Waals surface area contributed by atoms with Crippen molar-refractivity contribution in [2.75, 3.05) is 13.1 Å². The summed E-state index contributed by atoms with van der Waals surface area (Å²) in [6.07, 6.45) is 2.07. The lowest BCUT2D eigenvalue weighted by atomic mass is 9.82. The molecule has 2 atom stereocenters. The molecule has 92 valence electrons. The Kier molecular flexibility index (Phi) is 2.65. The molecule has 16 heavy (non-hydrogen) atoms. The van der Waals surface area contributed by atoms with Gasteiger partial charge >= 0.3 is 6.09 Å². The Morgan fingerprint density at radius 3 is 2.62 bits per heavy atom. The average molecular weight is 226 g/mol. The van der Waals surface area contributed by atoms with Crippen LogP contribution in [0.5, 0.6) is 0 Å². The van der Waals surface area contributed by atoms with Crippen molar-refractivity contribution in [1.29, 1.82) is 0 Å². The Balaban J connectivity index is 2.07. The highest BCUT2D eigenvalue weighted by Crippen LogP contribution is 2.33. The molecule has 3 heterocycles. The molecule has 0 aliphatic carbocycles. The van der Waals surface area contributed by atoms with Gasteiger partial charge in [-0.25, -0.2) is 4.79 Å². The number of hydrogen-bond donors (Lipinski definition) is 1. The molecule has 2 bridgehead atoms. The summed E-state index contributed by atoms with van der Waals surface area (Å²) < 4.78 is 5.45. The van der Waals surface area contributed by atoms with E-state index < -0.39 is 5.60 Å². The molecule has 3 aliphatic heterocycles. The molecule has 0 saturated carbocycles. The second-order valence-corrected chi connectivity index (χ2v) is 6.20. The largest absolute Gasteiger partial charge is 0.444 e. The summed E-state index contributed by atoms with van der Waals surface area (Å²) in [5.41, 5.74) is -0.464. The third-order valence-corrected chi connectivity index (χ3v) is 3.47. The molecular weight excluding hydrogens is 204 g/mol. The SMILES string of the molecule is CC(C)(C)OC(=O)N1C[C@@H]2CC[C@@]1(C)CN2. The van der Waals surface area contributed by atoms with Crippen LogP contribution in [0.4, 0.5) is 4.79 Å². The zero-order chi connectivity index (χ0) is 12.0. The van der Waals surface area contributed by atoms with Crippen molar-refractivity contribution in [3.63, 3.8) is 0 Å². The fourth-order valence-corrected chi connectivity index (χ4v) is 2.48. The first kappa shape index (κ1) is 11.7. The van der Waals surface area contributed by atoms with Crippen molar-refractivity contribution < 1.29 is 9.53 Å². The van der Waals surface area contributed by atoms with Crippen LogP contribution in [0.1, 0.15) is 40.5 Å². The predicted octanol–water partition coefficient (Wildman–Crippen LogP) is 1.75. The van der Waals surface area contributed by atoms with Crippen molar-refractivity contribution in [1.82, 2.24) is 10.2 Å². The van der Waals surface area contributed by atoms with E-state index in [4.69, 9.17) is 4.74 Å². The Labute approximate surface area is 97.3 Å². The molecule has 0 aromatic carbocycles. The smallest absolute Gasteiger partial charge is 0.410 e. The maximum Gasteiger partial charge on any atom is 0.410 e. The van der Waals surface area contributed by atoms with Crippen LogP contribution in [0.15, 0.2) is 0 Å². The predicted molar refractivity (Wildman–Crippen MR) is 62.4 cm³/mol. The van der Waals surface area contributed by atoms with E-state index in [-0.39, 0.29) is 11.6 Å². The molecule has 1 N–H and O–H groups in total. The molecule has 3 saturated heterocycles. The Hall–Kier alpha value is -0.770. The van der Waals surface area contributed by atoms with E-state index >= 15 is 0 Å². The second kappa shape index (κ2) is 3.62. The lowest BCUT2D eigenvalue weighted by molar-refractivity contribution is -0.0334. The van der Waals surface area contributed by atoms with Gasteiger partial charge in [0, 0.05) is 19.1 Å². The van der Waals surface area contributed by atoms with E-state index in [2.05, 4.69) is 12.2 Å². The first-order chi connectivity index (χ1) is 7.30. The number of amides is 1. The number of rotatable bonds is 0. The molecule has 4 heteroatoms. The molecule has 4 nitrogen and oxygen atoms in total. The van der Waals surface area contributed by atoms with Crippen LogP contribution in [0.3, 0.4) is 0 Å². The van der Waals surface area contributed by atoms with Crippen LogP contribution < -0.4 is 5.32 Å². The van der Waals surface area contributed by atoms with Crippen LogP contribution in [-0.2, 0) is 4.74 Å². The van der Waals surface area contributed by atoms with Gasteiger partial charge in [0.25, 0.3) is 0 Å². The van der Waals surface area contributed by atoms with Gasteiger partial charge in [-0.1, -0.05) is 0 Å². The lowest BCUT2D eigenvalue weighted by Gasteiger charge is -2.52. The summed E-state index contributed by atoms with van der Waals surface area (Å²) >= 11 is 0. The number of nitrogens with zero attached hydrogens (tertiary/aromatic N) is 1. The van der Waals surface area contributed by atoms with Crippen LogP contribution >= 0.6 is 0 Å². The summed E-state index contributed by atoms with van der Waals surface area (Å²) in [5.74, 6) is 0. The van der Waals surface area contributed by atoms with Crippen molar-refractivity contribution in [2.45, 2.75) is 57.7 Å². The van der Waals surface area contributed by atoms with Gasteiger partial charge in [0.05, 0.1) is 5.54 Å². The third kappa shape index (κ3) is 2.17. The fraction of sp³-hybridized carbons (Fsp3) is 0.917. The lowest BCUT2D eigenvalue weighted by Crippen LogP contribution is -2.69. The van der Waals surface area contributed by atoms with Gasteiger partial charge in [-0.3, -0.25) is 4.90 Å². The number of hydrogen-bond acceptors (Lipinski definition) is 3. The normalized spacial score (nSPS) is 34.0. The highest BCUT2D eigenvalue weighted by molar-refractivity contribution is 5.69. The van der Waals surface area contributed by atoms with Crippen LogP contribution in [0.25, 0.3) is 0 Å². The van der Waals surface area contributed by atoms with E-state index in [0.717, 1.165) is 25.9 Å². The van der Waals surface area contributed by atoms with E-state index in [0.29, 0.717) is 6.04 Å². The van der Waals surface area contributed by atoms with E-state index in [9.17, 15) is 4.79 Å². The topological polar surface area (TPSA) is 41.6 Å². The van der Waals surface area contributed by atoms with Crippen LogP contribution in [0, 0.1) is 0 Å². The Morgan fingerprint density at radius 2 is 2.19 bits per heavy atom. The van der Waals surface area contributed by atoms with Crippen LogP contribution in [0.2, 0.25) is 0 Å². The summed E-state index contributed by atoms with van der Waals surface area (Å²) in [4.78, 5) is 14.0. The number of piperazine rings is 1. The van der Waals surface area contributed by atoms with Gasteiger partial charge in [-0.2, -0.15) is 0 Å². The van der Waals surface area contributed by atoms with Gasteiger partial charge in [0.2, 0.25) is 0 Å². The molecule has 3 rings (SSSR count). The van der Waals surface area contributed by atoms with Gasteiger partial charge in [0.1, 0.15) is 5.60 Å². The highest BCUT2D eigenvalue weighted by Gasteiger charge is 2.46. The minimum atomic E-state index is -0.405. The zero-order valence-electron chi connectivity index (χ0n) is 10.7. The quantitative estimate of drug-likeness (QED) is 0.684. The monoisotopic (exact) mass is 226 g/mol. The average Bonchev–Trinajstić information content (AvgIpc) is 2.15. The summed E-state index contributed by atoms with van der Waals surface area (Å²) in [6.45, 7) is 9.54. The number of fused-ring (bicyclic) bond motifs is 3. The third-order valence-electron chi connectivity index (χ3n) is 3.47. The summed E-state index contributed by atoms with van der Waals surface area (Å²) in [6, 6.07) is 0.453. The molecule has 0 radical (unpaired) electrons. The fourth-order valence-electron chi connectivity index (χ4n) is 2.48. The van der Waals surface area contributed by atoms with Crippen molar-refractivity contribution in [3.8, 4) is 0 Å². The minimum absolute atomic E-state index is 0.0584. The molecule has 0 spiro atoms. The molecule has 0 unspecified atom stereocenters.